The first-order valence-electron chi connectivity index (χ1n) is 9.27. The first kappa shape index (κ1) is 17.5. The second-order valence-electron chi connectivity index (χ2n) is 7.30. The zero-order valence-electron chi connectivity index (χ0n) is 15.7. The van der Waals surface area contributed by atoms with E-state index in [2.05, 4.69) is 29.0 Å². The predicted molar refractivity (Wildman–Crippen MR) is 106 cm³/mol. The van der Waals surface area contributed by atoms with E-state index >= 15 is 0 Å². The summed E-state index contributed by atoms with van der Waals surface area (Å²) < 4.78 is 0. The van der Waals surface area contributed by atoms with Gasteiger partial charge in [0.1, 0.15) is 0 Å². The number of primary amides is 1. The molecule has 1 saturated heterocycles. The van der Waals surface area contributed by atoms with Gasteiger partial charge in [-0.25, -0.2) is 0 Å². The third-order valence-corrected chi connectivity index (χ3v) is 5.61. The topological polar surface area (TPSA) is 69.9 Å². The van der Waals surface area contributed by atoms with Crippen molar-refractivity contribution in [3.63, 3.8) is 0 Å². The van der Waals surface area contributed by atoms with E-state index in [0.717, 1.165) is 43.1 Å². The van der Waals surface area contributed by atoms with Gasteiger partial charge in [0.2, 0.25) is 5.91 Å². The number of benzene rings is 2. The minimum absolute atomic E-state index is 0.144. The van der Waals surface area contributed by atoms with E-state index in [4.69, 9.17) is 5.73 Å². The van der Waals surface area contributed by atoms with Gasteiger partial charge in [0.05, 0.1) is 17.2 Å². The molecule has 0 saturated carbocycles. The number of hydrogen-bond donors (Lipinski definition) is 1. The number of nitrogens with two attached hydrogens (primary N) is 1. The Kier molecular flexibility index (Phi) is 4.36. The molecule has 2 amide bonds. The average molecular weight is 364 g/mol. The number of likely N-dealkylation sites (N-methyl/N-ethyl adjacent to an activating group) is 1. The molecule has 1 unspecified atom stereocenters. The number of piperazine rings is 1. The van der Waals surface area contributed by atoms with E-state index in [0.29, 0.717) is 11.1 Å². The van der Waals surface area contributed by atoms with Gasteiger partial charge >= 0.3 is 0 Å². The van der Waals surface area contributed by atoms with Gasteiger partial charge in [-0.15, -0.1) is 0 Å². The normalized spacial score (nSPS) is 20.1. The molecule has 2 aliphatic rings. The van der Waals surface area contributed by atoms with Gasteiger partial charge < -0.3 is 20.4 Å². The molecular weight excluding hydrogens is 340 g/mol. The molecule has 0 spiro atoms. The van der Waals surface area contributed by atoms with Gasteiger partial charge in [0.15, 0.2) is 0 Å². The fourth-order valence-electron chi connectivity index (χ4n) is 4.04. The third kappa shape index (κ3) is 2.96. The number of amides is 2. The van der Waals surface area contributed by atoms with E-state index < -0.39 is 5.91 Å². The first-order chi connectivity index (χ1) is 13.0. The van der Waals surface area contributed by atoms with Gasteiger partial charge in [-0.05, 0) is 43.8 Å². The second-order valence-corrected chi connectivity index (χ2v) is 7.30. The molecule has 2 aromatic rings. The molecule has 2 aliphatic heterocycles. The van der Waals surface area contributed by atoms with E-state index in [9.17, 15) is 9.59 Å². The monoisotopic (exact) mass is 364 g/mol. The van der Waals surface area contributed by atoms with Crippen molar-refractivity contribution in [3.8, 4) is 0 Å². The Morgan fingerprint density at radius 1 is 1.04 bits per heavy atom. The summed E-state index contributed by atoms with van der Waals surface area (Å²) in [7, 11) is 2.13. The average Bonchev–Trinajstić information content (AvgIpc) is 2.93. The molecule has 1 atom stereocenters. The predicted octanol–water partition coefficient (Wildman–Crippen LogP) is 2.26. The van der Waals surface area contributed by atoms with Crippen LogP contribution in [0.15, 0.2) is 42.5 Å². The highest BCUT2D eigenvalue weighted by Crippen LogP contribution is 2.39. The highest BCUT2D eigenvalue weighted by Gasteiger charge is 2.37. The molecule has 2 aromatic carbocycles. The van der Waals surface area contributed by atoms with Gasteiger partial charge in [-0.3, -0.25) is 9.59 Å². The zero-order valence-corrected chi connectivity index (χ0v) is 15.7. The molecule has 6 heteroatoms. The summed E-state index contributed by atoms with van der Waals surface area (Å²) >= 11 is 0. The lowest BCUT2D eigenvalue weighted by atomic mass is 10.00. The summed E-state index contributed by atoms with van der Waals surface area (Å²) in [6.07, 6.45) is 0. The van der Waals surface area contributed by atoms with Gasteiger partial charge in [0, 0.05) is 37.6 Å². The molecule has 4 rings (SSSR count). The number of carbonyl (C=O) groups excluding carboxylic acids is 2. The fourth-order valence-corrected chi connectivity index (χ4v) is 4.04. The van der Waals surface area contributed by atoms with E-state index in [-0.39, 0.29) is 11.9 Å². The van der Waals surface area contributed by atoms with Crippen LogP contribution in [0.3, 0.4) is 0 Å². The lowest BCUT2D eigenvalue weighted by molar-refractivity contribution is 0.0965. The Bertz CT molecular complexity index is 903. The summed E-state index contributed by atoms with van der Waals surface area (Å²) in [5.74, 6) is -0.733. The van der Waals surface area contributed by atoms with E-state index in [1.165, 1.54) is 0 Å². The lowest BCUT2D eigenvalue weighted by Crippen LogP contribution is -2.44. The summed E-state index contributed by atoms with van der Waals surface area (Å²) in [5.41, 5.74) is 9.03. The summed E-state index contributed by atoms with van der Waals surface area (Å²) in [6.45, 7) is 5.97. The van der Waals surface area contributed by atoms with Crippen LogP contribution in [0, 0.1) is 0 Å². The Morgan fingerprint density at radius 3 is 2.41 bits per heavy atom. The SMILES string of the molecule is CC1c2cccc(C(N)=O)c2C(=O)N1c1cccc(N2CCN(C)CC2)c1. The van der Waals surface area contributed by atoms with Crippen molar-refractivity contribution in [2.75, 3.05) is 43.0 Å². The molecule has 27 heavy (non-hydrogen) atoms. The number of rotatable bonds is 3. The number of anilines is 2. The Morgan fingerprint density at radius 2 is 1.70 bits per heavy atom. The van der Waals surface area contributed by atoms with Gasteiger partial charge in [-0.2, -0.15) is 0 Å². The molecular formula is C21H24N4O2. The maximum atomic E-state index is 13.2. The summed E-state index contributed by atoms with van der Waals surface area (Å²) in [6, 6.07) is 13.2. The third-order valence-electron chi connectivity index (χ3n) is 5.61. The minimum atomic E-state index is -0.569. The molecule has 6 nitrogen and oxygen atoms in total. The van der Waals surface area contributed by atoms with Crippen LogP contribution in [-0.2, 0) is 0 Å². The highest BCUT2D eigenvalue weighted by molar-refractivity contribution is 6.17. The van der Waals surface area contributed by atoms with Crippen LogP contribution in [-0.4, -0.2) is 49.9 Å². The number of nitrogens with zero attached hydrogens (tertiary/aromatic N) is 3. The quantitative estimate of drug-likeness (QED) is 0.907. The smallest absolute Gasteiger partial charge is 0.260 e. The van der Waals surface area contributed by atoms with Gasteiger partial charge in [-0.1, -0.05) is 18.2 Å². The van der Waals surface area contributed by atoms with Crippen molar-refractivity contribution >= 4 is 23.2 Å². The zero-order chi connectivity index (χ0) is 19.1. The molecule has 2 heterocycles. The maximum Gasteiger partial charge on any atom is 0.260 e. The van der Waals surface area contributed by atoms with Crippen molar-refractivity contribution < 1.29 is 9.59 Å². The minimum Gasteiger partial charge on any atom is -0.369 e. The van der Waals surface area contributed by atoms with E-state index in [1.54, 1.807) is 17.0 Å². The fraction of sp³-hybridized carbons (Fsp3) is 0.333. The standard InChI is InChI=1S/C21H24N4O2/c1-14-17-7-4-8-18(20(22)26)19(17)21(27)25(14)16-6-3-5-15(13-16)24-11-9-23(2)10-12-24/h3-8,13-14H,9-12H2,1-2H3,(H2,22,26). The van der Waals surface area contributed by atoms with E-state index in [1.807, 2.05) is 25.1 Å². The van der Waals surface area contributed by atoms with Crippen molar-refractivity contribution in [1.82, 2.24) is 4.90 Å². The second kappa shape index (κ2) is 6.70. The van der Waals surface area contributed by atoms with Crippen LogP contribution in [0.4, 0.5) is 11.4 Å². The molecule has 0 aromatic heterocycles. The summed E-state index contributed by atoms with van der Waals surface area (Å²) in [5, 5.41) is 0. The maximum absolute atomic E-state index is 13.2. The van der Waals surface area contributed by atoms with Crippen molar-refractivity contribution in [2.45, 2.75) is 13.0 Å². The van der Waals surface area contributed by atoms with Crippen molar-refractivity contribution in [1.29, 1.82) is 0 Å². The van der Waals surface area contributed by atoms with Gasteiger partial charge in [0.25, 0.3) is 5.91 Å². The first-order valence-corrected chi connectivity index (χ1v) is 9.27. The molecule has 0 radical (unpaired) electrons. The summed E-state index contributed by atoms with van der Waals surface area (Å²) in [4.78, 5) is 31.4. The van der Waals surface area contributed by atoms with Crippen molar-refractivity contribution in [3.05, 3.63) is 59.2 Å². The highest BCUT2D eigenvalue weighted by atomic mass is 16.2. The molecule has 140 valence electrons. The Hall–Kier alpha value is -2.86. The molecule has 0 aliphatic carbocycles. The lowest BCUT2D eigenvalue weighted by Gasteiger charge is -2.34. The number of hydrogen-bond acceptors (Lipinski definition) is 4. The Labute approximate surface area is 159 Å². The number of carbonyl (C=O) groups is 2. The Balaban J connectivity index is 1.68. The van der Waals surface area contributed by atoms with Crippen molar-refractivity contribution in [2.24, 2.45) is 5.73 Å². The van der Waals surface area contributed by atoms with Crippen LogP contribution in [0.2, 0.25) is 0 Å². The molecule has 1 fully saturated rings. The van der Waals surface area contributed by atoms with Crippen LogP contribution >= 0.6 is 0 Å². The van der Waals surface area contributed by atoms with Crippen LogP contribution in [0.5, 0.6) is 0 Å². The molecule has 0 bridgehead atoms. The molecule has 2 N–H and O–H groups in total. The van der Waals surface area contributed by atoms with Crippen LogP contribution < -0.4 is 15.5 Å². The van der Waals surface area contributed by atoms with Crippen LogP contribution in [0.25, 0.3) is 0 Å². The van der Waals surface area contributed by atoms with Crippen LogP contribution in [0.1, 0.15) is 39.2 Å². The number of fused-ring (bicyclic) bond motifs is 1. The largest absolute Gasteiger partial charge is 0.369 e.